The van der Waals surface area contributed by atoms with Crippen LogP contribution in [0.4, 0.5) is 0 Å². The molecule has 4 unspecified atom stereocenters. The molecule has 4 atom stereocenters. The van der Waals surface area contributed by atoms with Crippen molar-refractivity contribution in [3.8, 4) is 0 Å². The zero-order valence-corrected chi connectivity index (χ0v) is 11.7. The highest BCUT2D eigenvalue weighted by molar-refractivity contribution is 5.29. The molecule has 0 radical (unpaired) electrons. The first-order valence-corrected chi connectivity index (χ1v) is 7.34. The minimum absolute atomic E-state index is 0.764. The van der Waals surface area contributed by atoms with Crippen molar-refractivity contribution in [1.82, 2.24) is 0 Å². The molecule has 0 aromatic carbocycles. The first-order chi connectivity index (χ1) is 8.63. The fraction of sp³-hybridized carbons (Fsp3) is 0.556. The molecule has 0 heterocycles. The lowest BCUT2D eigenvalue weighted by atomic mass is 9.97. The number of allylic oxidation sites excluding steroid dienone is 7. The Hall–Kier alpha value is -1.04. The van der Waals surface area contributed by atoms with Gasteiger partial charge in [0.2, 0.25) is 0 Å². The van der Waals surface area contributed by atoms with Gasteiger partial charge >= 0.3 is 0 Å². The molecular formula is C18H24. The van der Waals surface area contributed by atoms with Crippen molar-refractivity contribution in [1.29, 1.82) is 0 Å². The predicted molar refractivity (Wildman–Crippen MR) is 78.2 cm³/mol. The van der Waals surface area contributed by atoms with Crippen LogP contribution in [0.5, 0.6) is 0 Å². The van der Waals surface area contributed by atoms with E-state index in [4.69, 9.17) is 0 Å². The molecule has 2 fully saturated rings. The van der Waals surface area contributed by atoms with Crippen LogP contribution in [-0.4, -0.2) is 0 Å². The number of hydrogen-bond acceptors (Lipinski definition) is 0. The Kier molecular flexibility index (Phi) is 3.05. The van der Waals surface area contributed by atoms with Crippen LogP contribution in [0.3, 0.4) is 0 Å². The van der Waals surface area contributed by atoms with Gasteiger partial charge in [0.05, 0.1) is 0 Å². The zero-order valence-electron chi connectivity index (χ0n) is 11.7. The van der Waals surface area contributed by atoms with Crippen LogP contribution >= 0.6 is 0 Å². The molecule has 0 N–H and O–H groups in total. The Balaban J connectivity index is 0.000000114. The molecule has 0 heteroatoms. The van der Waals surface area contributed by atoms with Crippen LogP contribution in [0.1, 0.15) is 39.5 Å². The molecule has 0 aromatic heterocycles. The summed E-state index contributed by atoms with van der Waals surface area (Å²) in [6.07, 6.45) is 14.8. The van der Waals surface area contributed by atoms with Gasteiger partial charge in [-0.1, -0.05) is 47.6 Å². The average Bonchev–Trinajstić information content (AvgIpc) is 3.09. The highest BCUT2D eigenvalue weighted by Gasteiger charge is 2.31. The van der Waals surface area contributed by atoms with Crippen molar-refractivity contribution >= 4 is 0 Å². The van der Waals surface area contributed by atoms with Gasteiger partial charge in [0.25, 0.3) is 0 Å². The molecule has 0 aliphatic heterocycles. The minimum Gasteiger partial charge on any atom is -0.0992 e. The number of rotatable bonds is 0. The lowest BCUT2D eigenvalue weighted by Crippen LogP contribution is -1.93. The topological polar surface area (TPSA) is 0 Å². The summed E-state index contributed by atoms with van der Waals surface area (Å²) in [5.41, 5.74) is 4.72. The van der Waals surface area contributed by atoms with Gasteiger partial charge in [0.1, 0.15) is 0 Å². The first-order valence-electron chi connectivity index (χ1n) is 7.34. The van der Waals surface area contributed by atoms with E-state index in [0.717, 1.165) is 23.7 Å². The van der Waals surface area contributed by atoms with Crippen LogP contribution in [0.2, 0.25) is 0 Å². The van der Waals surface area contributed by atoms with Gasteiger partial charge in [-0.3, -0.25) is 0 Å². The second-order valence-electron chi connectivity index (χ2n) is 6.57. The van der Waals surface area contributed by atoms with E-state index in [-0.39, 0.29) is 0 Å². The van der Waals surface area contributed by atoms with Crippen LogP contribution in [0.25, 0.3) is 0 Å². The lowest BCUT2D eigenvalue weighted by molar-refractivity contribution is 0.693. The monoisotopic (exact) mass is 240 g/mol. The molecule has 0 aromatic rings. The third-order valence-electron chi connectivity index (χ3n) is 4.97. The number of fused-ring (bicyclic) bond motifs is 4. The van der Waals surface area contributed by atoms with Gasteiger partial charge in [-0.25, -0.2) is 0 Å². The third-order valence-corrected chi connectivity index (χ3v) is 4.97. The van der Waals surface area contributed by atoms with Crippen molar-refractivity contribution in [2.45, 2.75) is 39.5 Å². The molecule has 96 valence electrons. The molecule has 2 saturated carbocycles. The molecular weight excluding hydrogens is 216 g/mol. The van der Waals surface area contributed by atoms with Gasteiger partial charge < -0.3 is 0 Å². The molecule has 0 nitrogen and oxygen atoms in total. The maximum Gasteiger partial charge on any atom is -0.00148 e. The van der Waals surface area contributed by atoms with E-state index in [1.54, 1.807) is 11.1 Å². The highest BCUT2D eigenvalue weighted by atomic mass is 14.4. The second kappa shape index (κ2) is 4.57. The Morgan fingerprint density at radius 3 is 1.78 bits per heavy atom. The van der Waals surface area contributed by atoms with Crippen LogP contribution in [0, 0.1) is 23.7 Å². The van der Waals surface area contributed by atoms with Crippen molar-refractivity contribution in [3.05, 3.63) is 47.6 Å². The van der Waals surface area contributed by atoms with E-state index >= 15 is 0 Å². The Morgan fingerprint density at radius 2 is 1.56 bits per heavy atom. The van der Waals surface area contributed by atoms with E-state index < -0.39 is 0 Å². The number of hydrogen-bond donors (Lipinski definition) is 0. The maximum absolute atomic E-state index is 3.99. The molecule has 0 saturated heterocycles. The summed E-state index contributed by atoms with van der Waals surface area (Å²) in [6.45, 7) is 8.47. The molecule has 4 rings (SSSR count). The van der Waals surface area contributed by atoms with Crippen molar-refractivity contribution in [2.24, 2.45) is 23.7 Å². The average molecular weight is 240 g/mol. The zero-order chi connectivity index (χ0) is 12.7. The Labute approximate surface area is 111 Å². The molecule has 4 aliphatic carbocycles. The summed E-state index contributed by atoms with van der Waals surface area (Å²) in [5.74, 6) is 3.36. The quantitative estimate of drug-likeness (QED) is 0.519. The highest BCUT2D eigenvalue weighted by Crippen LogP contribution is 2.44. The fourth-order valence-electron chi connectivity index (χ4n) is 3.91. The summed E-state index contributed by atoms with van der Waals surface area (Å²) in [6, 6.07) is 0. The summed E-state index contributed by atoms with van der Waals surface area (Å²) < 4.78 is 0. The van der Waals surface area contributed by atoms with Gasteiger partial charge in [-0.15, -0.1) is 0 Å². The SMILES string of the molecule is C=C1CC2C=CC1C2.CC(C)=C1CC2C=CC1C2. The van der Waals surface area contributed by atoms with Gasteiger partial charge in [0.15, 0.2) is 0 Å². The van der Waals surface area contributed by atoms with Crippen LogP contribution < -0.4 is 0 Å². The van der Waals surface area contributed by atoms with Gasteiger partial charge in [-0.05, 0) is 63.2 Å². The summed E-state index contributed by atoms with van der Waals surface area (Å²) >= 11 is 0. The van der Waals surface area contributed by atoms with E-state index in [0.29, 0.717) is 0 Å². The van der Waals surface area contributed by atoms with E-state index in [1.807, 2.05) is 0 Å². The van der Waals surface area contributed by atoms with Gasteiger partial charge in [0, 0.05) is 0 Å². The fourth-order valence-corrected chi connectivity index (χ4v) is 3.91. The predicted octanol–water partition coefficient (Wildman–Crippen LogP) is 5.06. The maximum atomic E-state index is 3.99. The lowest BCUT2D eigenvalue weighted by Gasteiger charge is -2.09. The third kappa shape index (κ3) is 2.13. The largest absolute Gasteiger partial charge is 0.0992 e. The summed E-state index contributed by atoms with van der Waals surface area (Å²) in [4.78, 5) is 0. The minimum atomic E-state index is 0.764. The Bertz CT molecular complexity index is 443. The second-order valence-corrected chi connectivity index (χ2v) is 6.57. The summed E-state index contributed by atoms with van der Waals surface area (Å²) in [7, 11) is 0. The van der Waals surface area contributed by atoms with E-state index in [1.165, 1.54) is 31.3 Å². The molecule has 18 heavy (non-hydrogen) atoms. The standard InChI is InChI=1S/C10H14.C8H10/c1-7(2)10-6-8-3-4-9(10)5-8;1-6-4-7-2-3-8(6)5-7/h3-4,8-9H,5-6H2,1-2H3;2-3,7-8H,1,4-5H2. The summed E-state index contributed by atoms with van der Waals surface area (Å²) in [5, 5.41) is 0. The Morgan fingerprint density at radius 1 is 0.944 bits per heavy atom. The van der Waals surface area contributed by atoms with Gasteiger partial charge in [-0.2, -0.15) is 0 Å². The van der Waals surface area contributed by atoms with E-state index in [2.05, 4.69) is 44.7 Å². The first kappa shape index (κ1) is 12.0. The molecule has 0 amide bonds. The molecule has 4 bridgehead atoms. The van der Waals surface area contributed by atoms with Crippen LogP contribution in [0.15, 0.2) is 47.6 Å². The van der Waals surface area contributed by atoms with E-state index in [9.17, 15) is 0 Å². The van der Waals surface area contributed by atoms with Crippen molar-refractivity contribution in [2.75, 3.05) is 0 Å². The smallest absolute Gasteiger partial charge is 0.00148 e. The molecule has 0 spiro atoms. The molecule has 4 aliphatic rings. The van der Waals surface area contributed by atoms with Crippen LogP contribution in [-0.2, 0) is 0 Å². The normalized spacial score (nSPS) is 38.3. The van der Waals surface area contributed by atoms with Crippen molar-refractivity contribution < 1.29 is 0 Å². The van der Waals surface area contributed by atoms with Crippen molar-refractivity contribution in [3.63, 3.8) is 0 Å².